The zero-order valence-electron chi connectivity index (χ0n) is 9.52. The van der Waals surface area contributed by atoms with Crippen molar-refractivity contribution in [2.24, 2.45) is 5.41 Å². The van der Waals surface area contributed by atoms with Crippen molar-refractivity contribution in [2.75, 3.05) is 0 Å². The fourth-order valence-corrected chi connectivity index (χ4v) is 1.68. The van der Waals surface area contributed by atoms with Crippen LogP contribution in [0.2, 0.25) is 0 Å². The zero-order valence-corrected chi connectivity index (χ0v) is 9.52. The molecule has 0 atom stereocenters. The minimum Gasteiger partial charge on any atom is -0.326 e. The van der Waals surface area contributed by atoms with Crippen molar-refractivity contribution in [3.63, 3.8) is 0 Å². The molecule has 3 heteroatoms. The van der Waals surface area contributed by atoms with Gasteiger partial charge in [-0.2, -0.15) is 0 Å². The maximum Gasteiger partial charge on any atom is 0.250 e. The van der Waals surface area contributed by atoms with Crippen molar-refractivity contribution in [2.45, 2.75) is 33.6 Å². The first-order chi connectivity index (χ1) is 6.80. The summed E-state index contributed by atoms with van der Waals surface area (Å²) in [6.07, 6.45) is 2.78. The van der Waals surface area contributed by atoms with Gasteiger partial charge < -0.3 is 5.32 Å². The van der Waals surface area contributed by atoms with E-state index in [-0.39, 0.29) is 17.1 Å². The van der Waals surface area contributed by atoms with E-state index in [1.807, 2.05) is 13.8 Å². The molecular formula is C12H17NO2. The van der Waals surface area contributed by atoms with Gasteiger partial charge in [0.15, 0.2) is 5.78 Å². The molecule has 0 saturated carbocycles. The molecule has 0 aliphatic heterocycles. The molecule has 0 aromatic heterocycles. The molecule has 0 aromatic rings. The third-order valence-corrected chi connectivity index (χ3v) is 2.32. The highest BCUT2D eigenvalue weighted by atomic mass is 16.1. The Morgan fingerprint density at radius 1 is 1.47 bits per heavy atom. The number of rotatable bonds is 2. The van der Waals surface area contributed by atoms with E-state index < -0.39 is 0 Å². The lowest BCUT2D eigenvalue weighted by Gasteiger charge is -2.28. The molecule has 0 heterocycles. The summed E-state index contributed by atoms with van der Waals surface area (Å²) in [5.74, 6) is -0.144. The molecule has 15 heavy (non-hydrogen) atoms. The summed E-state index contributed by atoms with van der Waals surface area (Å²) < 4.78 is 0. The largest absolute Gasteiger partial charge is 0.326 e. The Labute approximate surface area is 90.2 Å². The monoisotopic (exact) mass is 207 g/mol. The fourth-order valence-electron chi connectivity index (χ4n) is 1.68. The predicted octanol–water partition coefficient (Wildman–Crippen LogP) is 1.95. The first-order valence-corrected chi connectivity index (χ1v) is 5.00. The summed E-state index contributed by atoms with van der Waals surface area (Å²) >= 11 is 0. The SMILES string of the molecule is C=C(C)C(=O)NC1=CC(=O)CC(C)(C)C1. The van der Waals surface area contributed by atoms with Crippen LogP contribution in [0.5, 0.6) is 0 Å². The van der Waals surface area contributed by atoms with Crippen molar-refractivity contribution in [3.8, 4) is 0 Å². The zero-order chi connectivity index (χ0) is 11.6. The Kier molecular flexibility index (Phi) is 3.12. The molecule has 1 aliphatic rings. The lowest BCUT2D eigenvalue weighted by atomic mass is 9.79. The molecular weight excluding hydrogens is 190 g/mol. The third kappa shape index (κ3) is 3.35. The second kappa shape index (κ2) is 4.01. The number of ketones is 1. The lowest BCUT2D eigenvalue weighted by Crippen LogP contribution is -2.31. The summed E-state index contributed by atoms with van der Waals surface area (Å²) in [5.41, 5.74) is 1.08. The fraction of sp³-hybridized carbons (Fsp3) is 0.500. The van der Waals surface area contributed by atoms with Crippen LogP contribution in [0.25, 0.3) is 0 Å². The van der Waals surface area contributed by atoms with Crippen molar-refractivity contribution in [3.05, 3.63) is 23.9 Å². The van der Waals surface area contributed by atoms with Gasteiger partial charge in [0, 0.05) is 23.8 Å². The number of hydrogen-bond acceptors (Lipinski definition) is 2. The van der Waals surface area contributed by atoms with Crippen molar-refractivity contribution < 1.29 is 9.59 Å². The topological polar surface area (TPSA) is 46.2 Å². The molecule has 0 aromatic carbocycles. The van der Waals surface area contributed by atoms with Crippen molar-refractivity contribution in [1.29, 1.82) is 0 Å². The Morgan fingerprint density at radius 3 is 2.53 bits per heavy atom. The van der Waals surface area contributed by atoms with Crippen LogP contribution in [-0.2, 0) is 9.59 Å². The lowest BCUT2D eigenvalue weighted by molar-refractivity contribution is -0.117. The van der Waals surface area contributed by atoms with Gasteiger partial charge in [0.05, 0.1) is 0 Å². The van der Waals surface area contributed by atoms with Gasteiger partial charge >= 0.3 is 0 Å². The van der Waals surface area contributed by atoms with Crippen LogP contribution in [-0.4, -0.2) is 11.7 Å². The smallest absolute Gasteiger partial charge is 0.250 e. The number of carbonyl (C=O) groups is 2. The van der Waals surface area contributed by atoms with Gasteiger partial charge in [0.25, 0.3) is 0 Å². The summed E-state index contributed by atoms with van der Waals surface area (Å²) in [4.78, 5) is 22.8. The van der Waals surface area contributed by atoms with E-state index in [0.717, 1.165) is 6.42 Å². The van der Waals surface area contributed by atoms with Crippen LogP contribution in [0, 0.1) is 5.41 Å². The van der Waals surface area contributed by atoms with Crippen LogP contribution in [0.1, 0.15) is 33.6 Å². The Morgan fingerprint density at radius 2 is 2.07 bits per heavy atom. The molecule has 3 nitrogen and oxygen atoms in total. The van der Waals surface area contributed by atoms with Gasteiger partial charge in [-0.3, -0.25) is 9.59 Å². The number of amides is 1. The average molecular weight is 207 g/mol. The van der Waals surface area contributed by atoms with Crippen molar-refractivity contribution in [1.82, 2.24) is 5.32 Å². The van der Waals surface area contributed by atoms with E-state index in [9.17, 15) is 9.59 Å². The van der Waals surface area contributed by atoms with Gasteiger partial charge in [-0.1, -0.05) is 20.4 Å². The summed E-state index contributed by atoms with van der Waals surface area (Å²) in [7, 11) is 0. The van der Waals surface area contributed by atoms with Crippen LogP contribution >= 0.6 is 0 Å². The molecule has 82 valence electrons. The van der Waals surface area contributed by atoms with Gasteiger partial charge in [-0.25, -0.2) is 0 Å². The maximum absolute atomic E-state index is 11.4. The molecule has 1 amide bonds. The second-order valence-electron chi connectivity index (χ2n) is 4.89. The molecule has 0 bridgehead atoms. The van der Waals surface area contributed by atoms with Gasteiger partial charge in [0.2, 0.25) is 5.91 Å². The first-order valence-electron chi connectivity index (χ1n) is 5.00. The normalized spacial score (nSPS) is 19.4. The third-order valence-electron chi connectivity index (χ3n) is 2.32. The Hall–Kier alpha value is -1.38. The van der Waals surface area contributed by atoms with Gasteiger partial charge in [0.1, 0.15) is 0 Å². The van der Waals surface area contributed by atoms with E-state index >= 15 is 0 Å². The van der Waals surface area contributed by atoms with Gasteiger partial charge in [-0.05, 0) is 18.8 Å². The molecule has 0 saturated heterocycles. The highest BCUT2D eigenvalue weighted by Crippen LogP contribution is 2.32. The number of nitrogens with one attached hydrogen (secondary N) is 1. The van der Waals surface area contributed by atoms with Crippen LogP contribution in [0.4, 0.5) is 0 Å². The highest BCUT2D eigenvalue weighted by Gasteiger charge is 2.28. The Balaban J connectivity index is 2.75. The number of carbonyl (C=O) groups excluding carboxylic acids is 2. The van der Waals surface area contributed by atoms with Crippen LogP contribution < -0.4 is 5.32 Å². The van der Waals surface area contributed by atoms with Crippen LogP contribution in [0.3, 0.4) is 0 Å². The molecule has 0 spiro atoms. The van der Waals surface area contributed by atoms with Gasteiger partial charge in [-0.15, -0.1) is 0 Å². The highest BCUT2D eigenvalue weighted by molar-refractivity contribution is 5.96. The average Bonchev–Trinajstić information content (AvgIpc) is 1.99. The van der Waals surface area contributed by atoms with Crippen molar-refractivity contribution >= 4 is 11.7 Å². The minimum atomic E-state index is -0.216. The van der Waals surface area contributed by atoms with E-state index in [0.29, 0.717) is 17.7 Å². The quantitative estimate of drug-likeness (QED) is 0.703. The summed E-state index contributed by atoms with van der Waals surface area (Å²) in [6, 6.07) is 0. The standard InChI is InChI=1S/C12H17NO2/c1-8(2)11(15)13-9-5-10(14)7-12(3,4)6-9/h5H,1,6-7H2,2-4H3,(H,13,15). The molecule has 0 unspecified atom stereocenters. The van der Waals surface area contributed by atoms with E-state index in [1.54, 1.807) is 6.92 Å². The second-order valence-corrected chi connectivity index (χ2v) is 4.89. The molecule has 0 fully saturated rings. The molecule has 1 aliphatic carbocycles. The molecule has 1 rings (SSSR count). The van der Waals surface area contributed by atoms with E-state index in [1.165, 1.54) is 6.08 Å². The maximum atomic E-state index is 11.4. The predicted molar refractivity (Wildman–Crippen MR) is 59.1 cm³/mol. The summed E-state index contributed by atoms with van der Waals surface area (Å²) in [6.45, 7) is 9.23. The Bertz CT molecular complexity index is 351. The molecule has 1 N–H and O–H groups in total. The summed E-state index contributed by atoms with van der Waals surface area (Å²) in [5, 5.41) is 2.71. The first kappa shape index (κ1) is 11.7. The molecule has 0 radical (unpaired) electrons. The number of allylic oxidation sites excluding steroid dienone is 2. The minimum absolute atomic E-state index is 0.0660. The number of hydrogen-bond donors (Lipinski definition) is 1. The van der Waals surface area contributed by atoms with Crippen LogP contribution in [0.15, 0.2) is 23.9 Å². The van der Waals surface area contributed by atoms with E-state index in [2.05, 4.69) is 11.9 Å². The van der Waals surface area contributed by atoms with E-state index in [4.69, 9.17) is 0 Å².